The fourth-order valence-corrected chi connectivity index (χ4v) is 5.90. The van der Waals surface area contributed by atoms with E-state index in [1.54, 1.807) is 12.1 Å². The molecule has 0 bridgehead atoms. The number of fused-ring (bicyclic) bond motifs is 2. The van der Waals surface area contributed by atoms with Crippen LogP contribution in [0.25, 0.3) is 21.3 Å². The van der Waals surface area contributed by atoms with E-state index in [4.69, 9.17) is 0 Å². The fourth-order valence-electron chi connectivity index (χ4n) is 5.00. The number of piperidine rings is 1. The van der Waals surface area contributed by atoms with E-state index in [1.165, 1.54) is 60.0 Å². The van der Waals surface area contributed by atoms with Crippen molar-refractivity contribution >= 4 is 27.5 Å². The molecule has 1 aliphatic carbocycles. The maximum Gasteiger partial charge on any atom is 0.263 e. The third-order valence-corrected chi connectivity index (χ3v) is 7.55. The molecule has 1 aromatic carbocycles. The van der Waals surface area contributed by atoms with Gasteiger partial charge in [-0.25, -0.2) is 9.37 Å². The van der Waals surface area contributed by atoms with Crippen molar-refractivity contribution in [3.8, 4) is 11.1 Å². The molecule has 0 unspecified atom stereocenters. The van der Waals surface area contributed by atoms with Gasteiger partial charge in [-0.2, -0.15) is 0 Å². The zero-order valence-corrected chi connectivity index (χ0v) is 17.5. The Balaban J connectivity index is 1.40. The third kappa shape index (κ3) is 3.55. The summed E-state index contributed by atoms with van der Waals surface area (Å²) in [5, 5.41) is 2.36. The van der Waals surface area contributed by atoms with Crippen LogP contribution in [0.2, 0.25) is 0 Å². The number of thiophene rings is 1. The van der Waals surface area contributed by atoms with E-state index in [1.807, 2.05) is 10.3 Å². The molecule has 2 atom stereocenters. The molecular formula is C23H24FN3O2S. The van der Waals surface area contributed by atoms with Gasteiger partial charge in [-0.3, -0.25) is 14.2 Å². The second kappa shape index (κ2) is 7.95. The van der Waals surface area contributed by atoms with Crippen molar-refractivity contribution in [2.45, 2.75) is 38.6 Å². The van der Waals surface area contributed by atoms with Gasteiger partial charge >= 0.3 is 0 Å². The van der Waals surface area contributed by atoms with Gasteiger partial charge in [0.15, 0.2) is 0 Å². The molecule has 2 fully saturated rings. The number of rotatable bonds is 3. The number of benzene rings is 1. The zero-order chi connectivity index (χ0) is 20.7. The van der Waals surface area contributed by atoms with Crippen LogP contribution in [-0.4, -0.2) is 33.4 Å². The van der Waals surface area contributed by atoms with E-state index in [2.05, 4.69) is 4.98 Å². The molecule has 5 nitrogen and oxygen atoms in total. The van der Waals surface area contributed by atoms with Crippen LogP contribution in [0.15, 0.2) is 40.8 Å². The first kappa shape index (κ1) is 19.4. The fraction of sp³-hybridized carbons (Fsp3) is 0.435. The number of nitrogens with zero attached hydrogens (tertiary/aromatic N) is 3. The number of hydrogen-bond donors (Lipinski definition) is 0. The van der Waals surface area contributed by atoms with Gasteiger partial charge in [0.1, 0.15) is 17.2 Å². The van der Waals surface area contributed by atoms with Gasteiger partial charge in [0, 0.05) is 24.0 Å². The zero-order valence-electron chi connectivity index (χ0n) is 16.7. The monoisotopic (exact) mass is 425 g/mol. The number of likely N-dealkylation sites (tertiary alicyclic amines) is 1. The minimum atomic E-state index is -0.318. The summed E-state index contributed by atoms with van der Waals surface area (Å²) in [5.74, 6) is 1.03. The first-order chi connectivity index (χ1) is 14.6. The van der Waals surface area contributed by atoms with E-state index < -0.39 is 0 Å². The molecule has 1 saturated heterocycles. The van der Waals surface area contributed by atoms with Crippen molar-refractivity contribution < 1.29 is 9.18 Å². The first-order valence-corrected chi connectivity index (χ1v) is 11.5. The maximum atomic E-state index is 13.3. The molecular weight excluding hydrogens is 401 g/mol. The Kier molecular flexibility index (Phi) is 5.15. The molecule has 1 saturated carbocycles. The molecule has 3 heterocycles. The highest BCUT2D eigenvalue weighted by molar-refractivity contribution is 7.17. The number of amides is 1. The maximum absolute atomic E-state index is 13.3. The summed E-state index contributed by atoms with van der Waals surface area (Å²) in [5.41, 5.74) is 1.28. The van der Waals surface area contributed by atoms with E-state index in [-0.39, 0.29) is 23.8 Å². The average molecular weight is 426 g/mol. The summed E-state index contributed by atoms with van der Waals surface area (Å²) in [6.45, 7) is 1.61. The Hall–Kier alpha value is -2.54. The lowest BCUT2D eigenvalue weighted by atomic mass is 9.75. The second-order valence-electron chi connectivity index (χ2n) is 8.45. The summed E-state index contributed by atoms with van der Waals surface area (Å²) >= 11 is 1.38. The molecule has 7 heteroatoms. The van der Waals surface area contributed by atoms with Crippen molar-refractivity contribution in [3.05, 3.63) is 52.1 Å². The molecule has 2 aromatic heterocycles. The Morgan fingerprint density at radius 1 is 1.13 bits per heavy atom. The van der Waals surface area contributed by atoms with Gasteiger partial charge in [-0.05, 0) is 42.4 Å². The van der Waals surface area contributed by atoms with Crippen LogP contribution in [0.1, 0.15) is 32.1 Å². The highest BCUT2D eigenvalue weighted by atomic mass is 32.1. The lowest BCUT2D eigenvalue weighted by molar-refractivity contribution is -0.135. The smallest absolute Gasteiger partial charge is 0.263 e. The van der Waals surface area contributed by atoms with E-state index in [0.29, 0.717) is 16.1 Å². The van der Waals surface area contributed by atoms with Gasteiger partial charge < -0.3 is 4.90 Å². The molecule has 0 spiro atoms. The number of aromatic nitrogens is 2. The summed E-state index contributed by atoms with van der Waals surface area (Å²) < 4.78 is 14.7. The van der Waals surface area contributed by atoms with Gasteiger partial charge in [0.05, 0.1) is 11.7 Å². The number of halogens is 1. The minimum absolute atomic E-state index is 0.0118. The Morgan fingerprint density at radius 2 is 1.90 bits per heavy atom. The number of carbonyl (C=O) groups is 1. The summed E-state index contributed by atoms with van der Waals surface area (Å²) in [4.78, 5) is 33.1. The van der Waals surface area contributed by atoms with E-state index in [0.717, 1.165) is 36.6 Å². The minimum Gasteiger partial charge on any atom is -0.341 e. The van der Waals surface area contributed by atoms with Crippen LogP contribution in [0.5, 0.6) is 0 Å². The predicted octanol–water partition coefficient (Wildman–Crippen LogP) is 4.30. The van der Waals surface area contributed by atoms with Crippen LogP contribution >= 0.6 is 11.3 Å². The van der Waals surface area contributed by atoms with Crippen LogP contribution in [0.3, 0.4) is 0 Å². The van der Waals surface area contributed by atoms with E-state index in [9.17, 15) is 14.0 Å². The predicted molar refractivity (Wildman–Crippen MR) is 116 cm³/mol. The molecule has 2 aliphatic rings. The Morgan fingerprint density at radius 3 is 2.70 bits per heavy atom. The lowest BCUT2D eigenvalue weighted by Crippen LogP contribution is -2.46. The normalized spacial score (nSPS) is 21.6. The topological polar surface area (TPSA) is 55.2 Å². The average Bonchev–Trinajstić information content (AvgIpc) is 3.21. The lowest BCUT2D eigenvalue weighted by Gasteiger charge is -2.41. The van der Waals surface area contributed by atoms with Crippen molar-refractivity contribution in [1.82, 2.24) is 14.5 Å². The van der Waals surface area contributed by atoms with Crippen molar-refractivity contribution in [1.29, 1.82) is 0 Å². The SMILES string of the molecule is O=C(Cn1cnc2scc(-c3ccc(F)cc3)c2c1=O)N1CC[C@H]2CCCC[C@H]2C1. The van der Waals surface area contributed by atoms with Crippen LogP contribution in [-0.2, 0) is 11.3 Å². The standard InChI is InChI=1S/C23H24FN3O2S/c24-18-7-5-16(6-8-18)19-13-30-22-21(19)23(29)27(14-25-22)12-20(28)26-10-9-15-3-1-2-4-17(15)11-26/h5-8,13-15,17H,1-4,9-12H2/t15-,17+/m1/s1. The quantitative estimate of drug-likeness (QED) is 0.629. The van der Waals surface area contributed by atoms with Crippen LogP contribution in [0, 0.1) is 17.7 Å². The van der Waals surface area contributed by atoms with Gasteiger partial charge in [-0.15, -0.1) is 11.3 Å². The summed E-state index contributed by atoms with van der Waals surface area (Å²) in [7, 11) is 0. The van der Waals surface area contributed by atoms with Crippen LogP contribution < -0.4 is 5.56 Å². The summed E-state index contributed by atoms with van der Waals surface area (Å²) in [6.07, 6.45) is 7.61. The highest BCUT2D eigenvalue weighted by Crippen LogP contribution is 2.36. The van der Waals surface area contributed by atoms with Crippen LogP contribution in [0.4, 0.5) is 4.39 Å². The van der Waals surface area contributed by atoms with Crippen molar-refractivity contribution in [2.75, 3.05) is 13.1 Å². The Labute approximate surface area is 178 Å². The molecule has 0 N–H and O–H groups in total. The molecule has 1 amide bonds. The Bertz CT molecular complexity index is 1140. The van der Waals surface area contributed by atoms with Gasteiger partial charge in [-0.1, -0.05) is 31.4 Å². The molecule has 0 radical (unpaired) electrons. The third-order valence-electron chi connectivity index (χ3n) is 6.67. The van der Waals surface area contributed by atoms with Crippen molar-refractivity contribution in [2.24, 2.45) is 11.8 Å². The van der Waals surface area contributed by atoms with E-state index >= 15 is 0 Å². The first-order valence-electron chi connectivity index (χ1n) is 10.6. The second-order valence-corrected chi connectivity index (χ2v) is 9.31. The molecule has 156 valence electrons. The van der Waals surface area contributed by atoms with Gasteiger partial charge in [0.2, 0.25) is 5.91 Å². The largest absolute Gasteiger partial charge is 0.341 e. The molecule has 1 aliphatic heterocycles. The molecule has 30 heavy (non-hydrogen) atoms. The summed E-state index contributed by atoms with van der Waals surface area (Å²) in [6, 6.07) is 6.08. The number of carbonyl (C=O) groups excluding carboxylic acids is 1. The molecule has 5 rings (SSSR count). The molecule has 3 aromatic rings. The van der Waals surface area contributed by atoms with Gasteiger partial charge in [0.25, 0.3) is 5.56 Å². The number of hydrogen-bond acceptors (Lipinski definition) is 4. The van der Waals surface area contributed by atoms with Crippen molar-refractivity contribution in [3.63, 3.8) is 0 Å². The highest BCUT2D eigenvalue weighted by Gasteiger charge is 2.33.